The summed E-state index contributed by atoms with van der Waals surface area (Å²) in [4.78, 5) is 12.3. The summed E-state index contributed by atoms with van der Waals surface area (Å²) in [6, 6.07) is 7.21. The van der Waals surface area contributed by atoms with Gasteiger partial charge in [0.15, 0.2) is 0 Å². The van der Waals surface area contributed by atoms with Crippen molar-refractivity contribution in [2.24, 2.45) is 11.8 Å². The quantitative estimate of drug-likeness (QED) is 0.854. The van der Waals surface area contributed by atoms with E-state index >= 15 is 0 Å². The second-order valence-corrected chi connectivity index (χ2v) is 6.01. The van der Waals surface area contributed by atoms with E-state index in [9.17, 15) is 18.0 Å². The predicted octanol–water partition coefficient (Wildman–Crippen LogP) is 4.10. The van der Waals surface area contributed by atoms with Crippen molar-refractivity contribution in [1.82, 2.24) is 5.32 Å². The maximum atomic E-state index is 13.1. The molecule has 2 rings (SSSR count). The van der Waals surface area contributed by atoms with Crippen LogP contribution < -0.4 is 10.6 Å². The Morgan fingerprint density at radius 1 is 1.26 bits per heavy atom. The van der Waals surface area contributed by atoms with E-state index in [1.165, 1.54) is 0 Å². The molecule has 1 amide bonds. The summed E-state index contributed by atoms with van der Waals surface area (Å²) in [7, 11) is 0. The molecule has 6 heteroatoms. The van der Waals surface area contributed by atoms with Crippen LogP contribution in [0.15, 0.2) is 24.3 Å². The first-order valence-electron chi connectivity index (χ1n) is 8.09. The molecule has 1 aromatic rings. The van der Waals surface area contributed by atoms with E-state index in [0.717, 1.165) is 12.1 Å². The molecule has 2 N–H and O–H groups in total. The molecule has 0 bridgehead atoms. The summed E-state index contributed by atoms with van der Waals surface area (Å²) in [6.07, 6.45) is -2.76. The lowest BCUT2D eigenvalue weighted by atomic mass is 9.78. The average Bonchev–Trinajstić information content (AvgIpc) is 2.52. The lowest BCUT2D eigenvalue weighted by Crippen LogP contribution is -2.39. The third kappa shape index (κ3) is 4.96. The highest BCUT2D eigenvalue weighted by atomic mass is 19.4. The molecule has 2 atom stereocenters. The molecule has 1 saturated carbocycles. The molecule has 3 nitrogen and oxygen atoms in total. The second-order valence-electron chi connectivity index (χ2n) is 6.01. The number of alkyl halides is 3. The molecule has 1 fully saturated rings. The monoisotopic (exact) mass is 328 g/mol. The van der Waals surface area contributed by atoms with Crippen molar-refractivity contribution in [1.29, 1.82) is 0 Å². The van der Waals surface area contributed by atoms with Crippen LogP contribution in [0.2, 0.25) is 0 Å². The topological polar surface area (TPSA) is 41.1 Å². The van der Waals surface area contributed by atoms with Gasteiger partial charge in [-0.1, -0.05) is 31.9 Å². The van der Waals surface area contributed by atoms with Crippen LogP contribution in [-0.2, 0) is 11.3 Å². The van der Waals surface area contributed by atoms with E-state index in [4.69, 9.17) is 0 Å². The minimum absolute atomic E-state index is 0.0437. The van der Waals surface area contributed by atoms with Gasteiger partial charge in [-0.15, -0.1) is 0 Å². The summed E-state index contributed by atoms with van der Waals surface area (Å²) in [5.41, 5.74) is 1.54. The molecule has 0 aromatic heterocycles. The SMILES string of the molecule is CCNCc1cccc(NC(=O)C2CCCCC2C(F)(F)F)c1. The summed E-state index contributed by atoms with van der Waals surface area (Å²) >= 11 is 0. The molecule has 128 valence electrons. The van der Waals surface area contributed by atoms with Gasteiger partial charge in [-0.05, 0) is 37.1 Å². The Morgan fingerprint density at radius 2 is 2.00 bits per heavy atom. The van der Waals surface area contributed by atoms with E-state index < -0.39 is 23.9 Å². The molecular formula is C17H23F3N2O. The first-order valence-corrected chi connectivity index (χ1v) is 8.09. The Labute approximate surface area is 134 Å². The van der Waals surface area contributed by atoms with E-state index in [-0.39, 0.29) is 6.42 Å². The number of carbonyl (C=O) groups is 1. The fourth-order valence-corrected chi connectivity index (χ4v) is 3.10. The van der Waals surface area contributed by atoms with Crippen LogP contribution in [0.1, 0.15) is 38.2 Å². The highest BCUT2D eigenvalue weighted by Gasteiger charge is 2.48. The number of hydrogen-bond donors (Lipinski definition) is 2. The van der Waals surface area contributed by atoms with Gasteiger partial charge in [-0.25, -0.2) is 0 Å². The van der Waals surface area contributed by atoms with Gasteiger partial charge in [0.2, 0.25) is 5.91 Å². The van der Waals surface area contributed by atoms with Gasteiger partial charge in [0.1, 0.15) is 0 Å². The van der Waals surface area contributed by atoms with Crippen LogP contribution in [0.3, 0.4) is 0 Å². The number of benzene rings is 1. The number of rotatable bonds is 5. The van der Waals surface area contributed by atoms with E-state index in [2.05, 4.69) is 10.6 Å². The first kappa shape index (κ1) is 17.8. The molecule has 0 radical (unpaired) electrons. The zero-order valence-corrected chi connectivity index (χ0v) is 13.2. The van der Waals surface area contributed by atoms with Crippen molar-refractivity contribution in [3.05, 3.63) is 29.8 Å². The van der Waals surface area contributed by atoms with Crippen molar-refractivity contribution in [2.45, 2.75) is 45.3 Å². The smallest absolute Gasteiger partial charge is 0.326 e. The zero-order valence-electron chi connectivity index (χ0n) is 13.2. The first-order chi connectivity index (χ1) is 10.9. The molecule has 0 aliphatic heterocycles. The highest BCUT2D eigenvalue weighted by molar-refractivity contribution is 5.92. The minimum Gasteiger partial charge on any atom is -0.326 e. The second kappa shape index (κ2) is 7.81. The van der Waals surface area contributed by atoms with Crippen molar-refractivity contribution in [3.63, 3.8) is 0 Å². The summed E-state index contributed by atoms with van der Waals surface area (Å²) in [6.45, 7) is 3.48. The number of hydrogen-bond acceptors (Lipinski definition) is 2. The third-order valence-corrected chi connectivity index (χ3v) is 4.30. The highest BCUT2D eigenvalue weighted by Crippen LogP contribution is 2.41. The molecule has 0 saturated heterocycles. The molecule has 1 aromatic carbocycles. The summed E-state index contributed by atoms with van der Waals surface area (Å²) in [5, 5.41) is 5.84. The molecule has 23 heavy (non-hydrogen) atoms. The zero-order chi connectivity index (χ0) is 16.9. The fraction of sp³-hybridized carbons (Fsp3) is 0.588. The van der Waals surface area contributed by atoms with Crippen LogP contribution >= 0.6 is 0 Å². The van der Waals surface area contributed by atoms with Crippen molar-refractivity contribution >= 4 is 11.6 Å². The normalized spacial score (nSPS) is 21.9. The van der Waals surface area contributed by atoms with Gasteiger partial charge < -0.3 is 10.6 Å². The minimum atomic E-state index is -4.31. The largest absolute Gasteiger partial charge is 0.392 e. The Morgan fingerprint density at radius 3 is 2.70 bits per heavy atom. The van der Waals surface area contributed by atoms with Crippen molar-refractivity contribution < 1.29 is 18.0 Å². The molecule has 0 spiro atoms. The van der Waals surface area contributed by atoms with Gasteiger partial charge in [0, 0.05) is 18.2 Å². The van der Waals surface area contributed by atoms with E-state index in [1.807, 2.05) is 13.0 Å². The average molecular weight is 328 g/mol. The van der Waals surface area contributed by atoms with Crippen molar-refractivity contribution in [3.8, 4) is 0 Å². The standard InChI is InChI=1S/C17H23F3N2O/c1-2-21-11-12-6-5-7-13(10-12)22-16(23)14-8-3-4-9-15(14)17(18,19)20/h5-7,10,14-15,21H,2-4,8-9,11H2,1H3,(H,22,23). The molecule has 1 aliphatic rings. The lowest BCUT2D eigenvalue weighted by Gasteiger charge is -2.32. The maximum absolute atomic E-state index is 13.1. The third-order valence-electron chi connectivity index (χ3n) is 4.30. The van der Waals surface area contributed by atoms with Crippen LogP contribution in [0, 0.1) is 11.8 Å². The van der Waals surface area contributed by atoms with Gasteiger partial charge in [-0.2, -0.15) is 13.2 Å². The molecular weight excluding hydrogens is 305 g/mol. The van der Waals surface area contributed by atoms with Crippen LogP contribution in [0.5, 0.6) is 0 Å². The van der Waals surface area contributed by atoms with E-state index in [0.29, 0.717) is 31.5 Å². The summed E-state index contributed by atoms with van der Waals surface area (Å²) < 4.78 is 39.3. The fourth-order valence-electron chi connectivity index (χ4n) is 3.10. The van der Waals surface area contributed by atoms with Crippen LogP contribution in [0.25, 0.3) is 0 Å². The molecule has 2 unspecified atom stereocenters. The van der Waals surface area contributed by atoms with Gasteiger partial charge in [-0.3, -0.25) is 4.79 Å². The summed E-state index contributed by atoms with van der Waals surface area (Å²) in [5.74, 6) is -3.03. The maximum Gasteiger partial charge on any atom is 0.392 e. The molecule has 0 heterocycles. The van der Waals surface area contributed by atoms with Gasteiger partial charge in [0.25, 0.3) is 0 Å². The molecule has 1 aliphatic carbocycles. The Kier molecular flexibility index (Phi) is 6.04. The van der Waals surface area contributed by atoms with Gasteiger partial charge >= 0.3 is 6.18 Å². The predicted molar refractivity (Wildman–Crippen MR) is 84.0 cm³/mol. The number of carbonyl (C=O) groups excluding carboxylic acids is 1. The Balaban J connectivity index is 2.05. The van der Waals surface area contributed by atoms with Crippen LogP contribution in [-0.4, -0.2) is 18.6 Å². The van der Waals surface area contributed by atoms with Crippen molar-refractivity contribution in [2.75, 3.05) is 11.9 Å². The van der Waals surface area contributed by atoms with Crippen LogP contribution in [0.4, 0.5) is 18.9 Å². The number of amides is 1. The Bertz CT molecular complexity index is 531. The van der Waals surface area contributed by atoms with E-state index in [1.54, 1.807) is 18.2 Å². The Hall–Kier alpha value is -1.56. The lowest BCUT2D eigenvalue weighted by molar-refractivity contribution is -0.197. The van der Waals surface area contributed by atoms with Gasteiger partial charge in [0.05, 0.1) is 5.92 Å². The number of anilines is 1. The number of halogens is 3. The number of nitrogens with one attached hydrogen (secondary N) is 2.